The molecule has 0 bridgehead atoms. The summed E-state index contributed by atoms with van der Waals surface area (Å²) in [7, 11) is -1.32. The summed E-state index contributed by atoms with van der Waals surface area (Å²) in [6, 6.07) is 10.3. The zero-order chi connectivity index (χ0) is 18.3. The van der Waals surface area contributed by atoms with Crippen LogP contribution in [-0.4, -0.2) is 35.1 Å². The normalized spacial score (nSPS) is 17.9. The number of rotatable bonds is 3. The molecule has 1 atom stereocenters. The molecule has 0 aliphatic carbocycles. The average molecular weight is 352 g/mol. The summed E-state index contributed by atoms with van der Waals surface area (Å²) in [6.07, 6.45) is 0.288. The largest absolute Gasteiger partial charge is 0.547 e. The SMILES string of the molecule is O=C(N[C@H]1Cc2cccc(C(=O)O)c2OB1O)c1ccc2c(c1)CNC2. The van der Waals surface area contributed by atoms with Crippen LogP contribution in [0.25, 0.3) is 0 Å². The minimum atomic E-state index is -1.32. The molecule has 4 N–H and O–H groups in total. The Labute approximate surface area is 150 Å². The molecule has 0 radical (unpaired) electrons. The molecule has 0 fully saturated rings. The van der Waals surface area contributed by atoms with Crippen LogP contribution in [0, 0.1) is 0 Å². The predicted molar refractivity (Wildman–Crippen MR) is 93.9 cm³/mol. The molecule has 4 rings (SSSR count). The van der Waals surface area contributed by atoms with E-state index in [1.165, 1.54) is 11.6 Å². The molecule has 7 nitrogen and oxygen atoms in total. The number of benzene rings is 2. The first kappa shape index (κ1) is 16.6. The molecule has 132 valence electrons. The maximum absolute atomic E-state index is 12.6. The first-order valence-electron chi connectivity index (χ1n) is 8.36. The molecule has 0 aromatic heterocycles. The number of carboxylic acids is 1. The van der Waals surface area contributed by atoms with Gasteiger partial charge < -0.3 is 25.4 Å². The van der Waals surface area contributed by atoms with Gasteiger partial charge in [0, 0.05) is 18.7 Å². The second-order valence-corrected chi connectivity index (χ2v) is 6.48. The Bertz CT molecular complexity index is 901. The molecule has 1 amide bonds. The van der Waals surface area contributed by atoms with E-state index >= 15 is 0 Å². The predicted octanol–water partition coefficient (Wildman–Crippen LogP) is 0.741. The topological polar surface area (TPSA) is 108 Å². The molecule has 26 heavy (non-hydrogen) atoms. The van der Waals surface area contributed by atoms with E-state index in [2.05, 4.69) is 10.6 Å². The maximum atomic E-state index is 12.6. The molecule has 0 saturated carbocycles. The van der Waals surface area contributed by atoms with E-state index in [0.29, 0.717) is 11.1 Å². The molecule has 0 unspecified atom stereocenters. The summed E-state index contributed by atoms with van der Waals surface area (Å²) in [4.78, 5) is 23.8. The summed E-state index contributed by atoms with van der Waals surface area (Å²) in [5.41, 5.74) is 3.42. The van der Waals surface area contributed by atoms with E-state index in [1.807, 2.05) is 12.1 Å². The number of fused-ring (bicyclic) bond motifs is 2. The van der Waals surface area contributed by atoms with E-state index in [1.54, 1.807) is 18.2 Å². The van der Waals surface area contributed by atoms with Crippen molar-refractivity contribution in [1.29, 1.82) is 0 Å². The maximum Gasteiger partial charge on any atom is 0.547 e. The highest BCUT2D eigenvalue weighted by Crippen LogP contribution is 2.30. The van der Waals surface area contributed by atoms with Gasteiger partial charge in [-0.3, -0.25) is 4.79 Å². The molecular formula is C18H17BN2O5. The summed E-state index contributed by atoms with van der Waals surface area (Å²) < 4.78 is 5.40. The van der Waals surface area contributed by atoms with Crippen molar-refractivity contribution in [2.45, 2.75) is 25.5 Å². The van der Waals surface area contributed by atoms with Gasteiger partial charge in [-0.05, 0) is 41.3 Å². The zero-order valence-electron chi connectivity index (χ0n) is 13.9. The fourth-order valence-electron chi connectivity index (χ4n) is 3.40. The Hall–Kier alpha value is -2.84. The van der Waals surface area contributed by atoms with E-state index in [4.69, 9.17) is 4.65 Å². The summed E-state index contributed by atoms with van der Waals surface area (Å²) in [6.45, 7) is 1.53. The zero-order valence-corrected chi connectivity index (χ0v) is 13.9. The van der Waals surface area contributed by atoms with Crippen LogP contribution in [0.5, 0.6) is 5.75 Å². The van der Waals surface area contributed by atoms with Gasteiger partial charge in [0.15, 0.2) is 0 Å². The summed E-state index contributed by atoms with van der Waals surface area (Å²) in [5, 5.41) is 25.5. The van der Waals surface area contributed by atoms with Crippen LogP contribution in [0.3, 0.4) is 0 Å². The number of hydrogen-bond donors (Lipinski definition) is 4. The molecular weight excluding hydrogens is 335 g/mol. The lowest BCUT2D eigenvalue weighted by Crippen LogP contribution is -2.53. The minimum Gasteiger partial charge on any atom is -0.534 e. The highest BCUT2D eigenvalue weighted by Gasteiger charge is 2.37. The van der Waals surface area contributed by atoms with Crippen molar-refractivity contribution >= 4 is 19.0 Å². The van der Waals surface area contributed by atoms with E-state index in [-0.39, 0.29) is 23.6 Å². The van der Waals surface area contributed by atoms with Crippen molar-refractivity contribution in [2.75, 3.05) is 0 Å². The van der Waals surface area contributed by atoms with Gasteiger partial charge in [-0.2, -0.15) is 0 Å². The third-order valence-electron chi connectivity index (χ3n) is 4.77. The van der Waals surface area contributed by atoms with Crippen molar-refractivity contribution in [1.82, 2.24) is 10.6 Å². The molecule has 2 aromatic rings. The molecule has 2 aliphatic rings. The minimum absolute atomic E-state index is 0.00236. The monoisotopic (exact) mass is 352 g/mol. The Balaban J connectivity index is 1.53. The van der Waals surface area contributed by atoms with Gasteiger partial charge in [0.05, 0.1) is 11.5 Å². The van der Waals surface area contributed by atoms with Crippen molar-refractivity contribution in [2.24, 2.45) is 0 Å². The van der Waals surface area contributed by atoms with Crippen LogP contribution in [0.2, 0.25) is 0 Å². The Morgan fingerprint density at radius 1 is 1.15 bits per heavy atom. The highest BCUT2D eigenvalue weighted by molar-refractivity contribution is 6.47. The number of aromatic carboxylic acids is 1. The van der Waals surface area contributed by atoms with E-state index < -0.39 is 19.0 Å². The van der Waals surface area contributed by atoms with Gasteiger partial charge in [0.1, 0.15) is 5.75 Å². The fraction of sp³-hybridized carbons (Fsp3) is 0.222. The molecule has 0 saturated heterocycles. The second kappa shape index (κ2) is 6.47. The lowest BCUT2D eigenvalue weighted by molar-refractivity contribution is 0.0693. The van der Waals surface area contributed by atoms with Gasteiger partial charge in [-0.1, -0.05) is 18.2 Å². The summed E-state index contributed by atoms with van der Waals surface area (Å²) in [5.74, 6) is -1.93. The van der Waals surface area contributed by atoms with Crippen LogP contribution in [-0.2, 0) is 19.5 Å². The first-order valence-corrected chi connectivity index (χ1v) is 8.36. The highest BCUT2D eigenvalue weighted by atomic mass is 16.5. The number of carbonyl (C=O) groups is 2. The van der Waals surface area contributed by atoms with Crippen LogP contribution in [0.1, 0.15) is 37.4 Å². The van der Waals surface area contributed by atoms with Crippen molar-refractivity contribution in [3.8, 4) is 5.75 Å². The number of para-hydroxylation sites is 1. The third-order valence-corrected chi connectivity index (χ3v) is 4.77. The van der Waals surface area contributed by atoms with E-state index in [9.17, 15) is 19.7 Å². The van der Waals surface area contributed by atoms with Crippen molar-refractivity contribution in [3.63, 3.8) is 0 Å². The summed E-state index contributed by atoms with van der Waals surface area (Å²) >= 11 is 0. The first-order chi connectivity index (χ1) is 12.5. The van der Waals surface area contributed by atoms with Gasteiger partial charge in [-0.25, -0.2) is 4.79 Å². The van der Waals surface area contributed by atoms with E-state index in [0.717, 1.165) is 18.7 Å². The van der Waals surface area contributed by atoms with Crippen LogP contribution in [0.4, 0.5) is 0 Å². The number of amides is 1. The third kappa shape index (κ3) is 2.93. The van der Waals surface area contributed by atoms with Crippen molar-refractivity contribution in [3.05, 3.63) is 64.2 Å². The number of hydrogen-bond acceptors (Lipinski definition) is 5. The number of nitrogens with one attached hydrogen (secondary N) is 2. The Morgan fingerprint density at radius 2 is 1.96 bits per heavy atom. The van der Waals surface area contributed by atoms with Gasteiger partial charge in [0.25, 0.3) is 5.91 Å². The standard InChI is InChI=1S/C18H17BN2O5/c22-17(11-4-5-12-8-20-9-13(12)6-11)21-15-7-10-2-1-3-14(18(23)24)16(10)26-19(15)25/h1-6,15,20,25H,7-9H2,(H,21,22)(H,23,24)/t15-/m0/s1. The second-order valence-electron chi connectivity index (χ2n) is 6.48. The van der Waals surface area contributed by atoms with Crippen LogP contribution < -0.4 is 15.3 Å². The molecule has 0 spiro atoms. The van der Waals surface area contributed by atoms with Gasteiger partial charge in [-0.15, -0.1) is 0 Å². The van der Waals surface area contributed by atoms with Gasteiger partial charge in [0.2, 0.25) is 0 Å². The molecule has 2 aliphatic heterocycles. The Morgan fingerprint density at radius 3 is 2.77 bits per heavy atom. The lowest BCUT2D eigenvalue weighted by atomic mass is 9.72. The van der Waals surface area contributed by atoms with Crippen LogP contribution >= 0.6 is 0 Å². The van der Waals surface area contributed by atoms with Crippen LogP contribution in [0.15, 0.2) is 36.4 Å². The molecule has 8 heteroatoms. The smallest absolute Gasteiger partial charge is 0.534 e. The lowest BCUT2D eigenvalue weighted by Gasteiger charge is -2.28. The Kier molecular flexibility index (Phi) is 4.14. The number of carboxylic acid groups (broad SMARTS) is 1. The fourth-order valence-corrected chi connectivity index (χ4v) is 3.40. The van der Waals surface area contributed by atoms with Crippen molar-refractivity contribution < 1.29 is 24.4 Å². The molecule has 2 heterocycles. The average Bonchev–Trinajstić information content (AvgIpc) is 3.09. The quantitative estimate of drug-likeness (QED) is 0.607. The molecule has 2 aromatic carbocycles. The number of carbonyl (C=O) groups excluding carboxylic acids is 1. The van der Waals surface area contributed by atoms with Gasteiger partial charge >= 0.3 is 13.1 Å².